The van der Waals surface area contributed by atoms with Crippen molar-refractivity contribution >= 4 is 16.9 Å². The van der Waals surface area contributed by atoms with Crippen LogP contribution in [0, 0.1) is 0 Å². The van der Waals surface area contributed by atoms with E-state index in [9.17, 15) is 4.79 Å². The van der Waals surface area contributed by atoms with Crippen LogP contribution < -0.4 is 10.1 Å². The van der Waals surface area contributed by atoms with Gasteiger partial charge < -0.3 is 15.0 Å². The summed E-state index contributed by atoms with van der Waals surface area (Å²) in [6, 6.07) is 5.71. The Balaban J connectivity index is 2.21. The third kappa shape index (κ3) is 3.35. The highest BCUT2D eigenvalue weighted by molar-refractivity contribution is 5.91. The summed E-state index contributed by atoms with van der Waals surface area (Å²) in [5, 5.41) is 4.39. The van der Waals surface area contributed by atoms with Crippen LogP contribution in [0.4, 0.5) is 0 Å². The molecule has 0 saturated carbocycles. The summed E-state index contributed by atoms with van der Waals surface area (Å²) < 4.78 is 5.27. The van der Waals surface area contributed by atoms with E-state index in [1.807, 2.05) is 24.4 Å². The second-order valence-corrected chi connectivity index (χ2v) is 4.59. The Hall–Kier alpha value is -1.81. The predicted molar refractivity (Wildman–Crippen MR) is 76.5 cm³/mol. The summed E-state index contributed by atoms with van der Waals surface area (Å²) >= 11 is 0. The van der Waals surface area contributed by atoms with Crippen molar-refractivity contribution in [3.05, 3.63) is 30.0 Å². The van der Waals surface area contributed by atoms with Gasteiger partial charge in [-0.1, -0.05) is 13.0 Å². The molecule has 0 unspecified atom stereocenters. The third-order valence-corrected chi connectivity index (χ3v) is 3.00. The first-order valence-corrected chi connectivity index (χ1v) is 6.70. The molecule has 2 N–H and O–H groups in total. The summed E-state index contributed by atoms with van der Waals surface area (Å²) in [5.74, 6) is 0.348. The molecule has 1 aromatic carbocycles. The van der Waals surface area contributed by atoms with Gasteiger partial charge in [0.15, 0.2) is 0 Å². The van der Waals surface area contributed by atoms with Crippen molar-refractivity contribution in [2.45, 2.75) is 26.7 Å². The zero-order valence-electron chi connectivity index (χ0n) is 11.5. The van der Waals surface area contributed by atoms with E-state index >= 15 is 0 Å². The van der Waals surface area contributed by atoms with E-state index in [2.05, 4.69) is 17.2 Å². The van der Waals surface area contributed by atoms with E-state index < -0.39 is 0 Å². The fraction of sp³-hybridized carbons (Fsp3) is 0.400. The molecular weight excluding hydrogens is 240 g/mol. The summed E-state index contributed by atoms with van der Waals surface area (Å²) in [5.41, 5.74) is 2.18. The number of esters is 1. The molecule has 0 bridgehead atoms. The van der Waals surface area contributed by atoms with Gasteiger partial charge in [0.1, 0.15) is 5.75 Å². The van der Waals surface area contributed by atoms with Gasteiger partial charge in [0, 0.05) is 24.0 Å². The number of fused-ring (bicyclic) bond motifs is 1. The highest BCUT2D eigenvalue weighted by atomic mass is 16.5. The molecule has 0 aliphatic heterocycles. The van der Waals surface area contributed by atoms with Gasteiger partial charge in [0.25, 0.3) is 0 Å². The van der Waals surface area contributed by atoms with Crippen molar-refractivity contribution in [3.8, 4) is 5.75 Å². The quantitative estimate of drug-likeness (QED) is 0.477. The zero-order valence-corrected chi connectivity index (χ0v) is 11.5. The number of H-pyrrole nitrogens is 1. The lowest BCUT2D eigenvalue weighted by Crippen LogP contribution is -2.17. The molecule has 4 heteroatoms. The average molecular weight is 260 g/mol. The van der Waals surface area contributed by atoms with E-state index in [-0.39, 0.29) is 5.97 Å². The first-order valence-electron chi connectivity index (χ1n) is 6.70. The molecule has 0 aliphatic rings. The zero-order chi connectivity index (χ0) is 13.7. The highest BCUT2D eigenvalue weighted by Crippen LogP contribution is 2.29. The number of hydrogen-bond donors (Lipinski definition) is 2. The number of ether oxygens (including phenoxy) is 1. The van der Waals surface area contributed by atoms with Crippen LogP contribution in [0.25, 0.3) is 10.9 Å². The van der Waals surface area contributed by atoms with Gasteiger partial charge in [-0.15, -0.1) is 0 Å². The lowest BCUT2D eigenvalue weighted by atomic mass is 10.1. The number of nitrogens with one attached hydrogen (secondary N) is 2. The second kappa shape index (κ2) is 6.38. The van der Waals surface area contributed by atoms with Gasteiger partial charge >= 0.3 is 5.97 Å². The van der Waals surface area contributed by atoms with E-state index in [1.54, 1.807) is 0 Å². The van der Waals surface area contributed by atoms with Crippen molar-refractivity contribution < 1.29 is 9.53 Å². The predicted octanol–water partition coefficient (Wildman–Crippen LogP) is 2.64. The van der Waals surface area contributed by atoms with Crippen LogP contribution in [0.1, 0.15) is 25.8 Å². The van der Waals surface area contributed by atoms with Gasteiger partial charge in [-0.05, 0) is 43.6 Å². The standard InChI is InChI=1S/C15H20N2O2/c1-3-8-16-9-7-12-10-17-13-5-4-6-14(15(12)13)19-11(2)18/h4-6,10,16-17H,3,7-9H2,1-2H3. The smallest absolute Gasteiger partial charge is 0.308 e. The van der Waals surface area contributed by atoms with E-state index in [1.165, 1.54) is 12.5 Å². The molecule has 0 atom stereocenters. The lowest BCUT2D eigenvalue weighted by molar-refractivity contribution is -0.131. The maximum atomic E-state index is 11.1. The van der Waals surface area contributed by atoms with E-state index in [0.29, 0.717) is 5.75 Å². The Kier molecular flexibility index (Phi) is 4.58. The first kappa shape index (κ1) is 13.6. The number of rotatable bonds is 6. The largest absolute Gasteiger partial charge is 0.426 e. The summed E-state index contributed by atoms with van der Waals surface area (Å²) in [6.07, 6.45) is 4.04. The van der Waals surface area contributed by atoms with Crippen molar-refractivity contribution in [2.24, 2.45) is 0 Å². The van der Waals surface area contributed by atoms with Crippen LogP contribution in [0.3, 0.4) is 0 Å². The molecule has 2 aromatic rings. The van der Waals surface area contributed by atoms with Crippen LogP contribution in [0.15, 0.2) is 24.4 Å². The Labute approximate surface area is 113 Å². The first-order chi connectivity index (χ1) is 9.22. The average Bonchev–Trinajstić information content (AvgIpc) is 2.78. The van der Waals surface area contributed by atoms with Crippen LogP contribution in [0.5, 0.6) is 5.75 Å². The van der Waals surface area contributed by atoms with Crippen molar-refractivity contribution in [2.75, 3.05) is 13.1 Å². The third-order valence-electron chi connectivity index (χ3n) is 3.00. The Morgan fingerprint density at radius 2 is 2.21 bits per heavy atom. The summed E-state index contributed by atoms with van der Waals surface area (Å²) in [7, 11) is 0. The minimum Gasteiger partial charge on any atom is -0.426 e. The number of carbonyl (C=O) groups excluding carboxylic acids is 1. The number of aromatic nitrogens is 1. The lowest BCUT2D eigenvalue weighted by Gasteiger charge is -2.06. The maximum absolute atomic E-state index is 11.1. The summed E-state index contributed by atoms with van der Waals surface area (Å²) in [4.78, 5) is 14.4. The maximum Gasteiger partial charge on any atom is 0.308 e. The monoisotopic (exact) mass is 260 g/mol. The normalized spacial score (nSPS) is 10.8. The number of hydrogen-bond acceptors (Lipinski definition) is 3. The molecule has 2 rings (SSSR count). The molecule has 0 aliphatic carbocycles. The molecule has 0 radical (unpaired) electrons. The van der Waals surface area contributed by atoms with Crippen LogP contribution in [0.2, 0.25) is 0 Å². The van der Waals surface area contributed by atoms with Gasteiger partial charge in [-0.2, -0.15) is 0 Å². The molecule has 0 spiro atoms. The molecule has 0 amide bonds. The number of aromatic amines is 1. The fourth-order valence-corrected chi connectivity index (χ4v) is 2.18. The molecule has 1 aromatic heterocycles. The molecule has 4 nitrogen and oxygen atoms in total. The summed E-state index contributed by atoms with van der Waals surface area (Å²) in [6.45, 7) is 5.53. The topological polar surface area (TPSA) is 54.1 Å². The molecule has 0 saturated heterocycles. The van der Waals surface area contributed by atoms with Crippen LogP contribution in [-0.2, 0) is 11.2 Å². The van der Waals surface area contributed by atoms with Gasteiger partial charge in [0.2, 0.25) is 0 Å². The van der Waals surface area contributed by atoms with Crippen LogP contribution >= 0.6 is 0 Å². The van der Waals surface area contributed by atoms with Crippen LogP contribution in [-0.4, -0.2) is 24.0 Å². The van der Waals surface area contributed by atoms with E-state index in [0.717, 1.165) is 36.8 Å². The number of benzene rings is 1. The van der Waals surface area contributed by atoms with E-state index in [4.69, 9.17) is 4.74 Å². The molecular formula is C15H20N2O2. The molecule has 0 fully saturated rings. The van der Waals surface area contributed by atoms with Crippen molar-refractivity contribution in [3.63, 3.8) is 0 Å². The fourth-order valence-electron chi connectivity index (χ4n) is 2.18. The van der Waals surface area contributed by atoms with Gasteiger partial charge in [-0.3, -0.25) is 4.79 Å². The Morgan fingerprint density at radius 3 is 2.95 bits per heavy atom. The number of carbonyl (C=O) groups is 1. The Bertz CT molecular complexity index is 560. The van der Waals surface area contributed by atoms with Gasteiger partial charge in [-0.25, -0.2) is 0 Å². The van der Waals surface area contributed by atoms with Crippen molar-refractivity contribution in [1.29, 1.82) is 0 Å². The Morgan fingerprint density at radius 1 is 1.37 bits per heavy atom. The minimum absolute atomic E-state index is 0.288. The molecule has 1 heterocycles. The SMILES string of the molecule is CCCNCCc1c[nH]c2cccc(OC(C)=O)c12. The molecule has 19 heavy (non-hydrogen) atoms. The molecule has 102 valence electrons. The second-order valence-electron chi connectivity index (χ2n) is 4.59. The van der Waals surface area contributed by atoms with Gasteiger partial charge in [0.05, 0.1) is 0 Å². The highest BCUT2D eigenvalue weighted by Gasteiger charge is 2.10. The minimum atomic E-state index is -0.288. The van der Waals surface area contributed by atoms with Crippen molar-refractivity contribution in [1.82, 2.24) is 10.3 Å².